The number of aromatic nitrogens is 2. The van der Waals surface area contributed by atoms with Gasteiger partial charge in [-0.2, -0.15) is 18.3 Å². The highest BCUT2D eigenvalue weighted by atomic mass is 35.5. The number of alkyl halides is 3. The number of carbonyl (C=O) groups is 1. The van der Waals surface area contributed by atoms with Crippen LogP contribution in [0.4, 0.5) is 13.2 Å². The van der Waals surface area contributed by atoms with Crippen molar-refractivity contribution in [3.8, 4) is 11.3 Å². The minimum atomic E-state index is -4.44. The van der Waals surface area contributed by atoms with E-state index in [4.69, 9.17) is 11.6 Å². The molecule has 27 heavy (non-hydrogen) atoms. The molecular formula is C19H15ClF3N3O. The summed E-state index contributed by atoms with van der Waals surface area (Å²) >= 11 is 5.87. The molecule has 0 radical (unpaired) electrons. The molecule has 0 bridgehead atoms. The molecule has 8 heteroatoms. The van der Waals surface area contributed by atoms with Gasteiger partial charge in [0.15, 0.2) is 0 Å². The highest BCUT2D eigenvalue weighted by Gasteiger charge is 2.30. The second-order valence-corrected chi connectivity index (χ2v) is 6.42. The fraction of sp³-hybridized carbons (Fsp3) is 0.158. The average Bonchev–Trinajstić information content (AvgIpc) is 3.11. The van der Waals surface area contributed by atoms with Crippen molar-refractivity contribution in [3.05, 3.63) is 76.4 Å². The second-order valence-electron chi connectivity index (χ2n) is 5.98. The fourth-order valence-corrected chi connectivity index (χ4v) is 2.76. The van der Waals surface area contributed by atoms with E-state index in [1.807, 2.05) is 0 Å². The number of aromatic amines is 1. The standard InChI is InChI=1S/C19H15ClF3N3O/c1-11(13-3-2-4-14(9-13)19(21,22)23)25-18(27)16-10-24-26-17(16)12-5-7-15(20)8-6-12/h2-11H,1H3,(H,24,26)(H,25,27). The Morgan fingerprint density at radius 2 is 1.89 bits per heavy atom. The van der Waals surface area contributed by atoms with E-state index in [2.05, 4.69) is 15.5 Å². The largest absolute Gasteiger partial charge is 0.416 e. The normalized spacial score (nSPS) is 12.6. The SMILES string of the molecule is CC(NC(=O)c1cn[nH]c1-c1ccc(Cl)cc1)c1cccc(C(F)(F)F)c1. The second kappa shape index (κ2) is 7.44. The minimum absolute atomic E-state index is 0.288. The first-order valence-corrected chi connectivity index (χ1v) is 8.41. The molecule has 1 amide bonds. The third-order valence-corrected chi connectivity index (χ3v) is 4.33. The number of nitrogens with zero attached hydrogens (tertiary/aromatic N) is 1. The number of amides is 1. The molecule has 1 unspecified atom stereocenters. The zero-order chi connectivity index (χ0) is 19.6. The lowest BCUT2D eigenvalue weighted by atomic mass is 10.0. The Labute approximate surface area is 158 Å². The van der Waals surface area contributed by atoms with Gasteiger partial charge < -0.3 is 5.32 Å². The summed E-state index contributed by atoms with van der Waals surface area (Å²) in [6.45, 7) is 1.62. The van der Waals surface area contributed by atoms with E-state index in [-0.39, 0.29) is 5.56 Å². The maximum Gasteiger partial charge on any atom is 0.416 e. The Kier molecular flexibility index (Phi) is 5.23. The minimum Gasteiger partial charge on any atom is -0.345 e. The van der Waals surface area contributed by atoms with E-state index in [9.17, 15) is 18.0 Å². The van der Waals surface area contributed by atoms with Gasteiger partial charge in [0.2, 0.25) is 0 Å². The van der Waals surface area contributed by atoms with Gasteiger partial charge in [0.05, 0.1) is 29.1 Å². The van der Waals surface area contributed by atoms with E-state index in [1.54, 1.807) is 31.2 Å². The molecule has 0 fully saturated rings. The molecule has 0 saturated carbocycles. The molecule has 0 aliphatic carbocycles. The summed E-state index contributed by atoms with van der Waals surface area (Å²) in [7, 11) is 0. The summed E-state index contributed by atoms with van der Waals surface area (Å²) in [6.07, 6.45) is -3.07. The van der Waals surface area contributed by atoms with Crippen LogP contribution in [0, 0.1) is 0 Å². The van der Waals surface area contributed by atoms with Gasteiger partial charge in [-0.3, -0.25) is 9.89 Å². The number of hydrogen-bond donors (Lipinski definition) is 2. The van der Waals surface area contributed by atoms with E-state index in [0.717, 1.165) is 12.1 Å². The van der Waals surface area contributed by atoms with E-state index >= 15 is 0 Å². The number of benzene rings is 2. The third kappa shape index (κ3) is 4.31. The highest BCUT2D eigenvalue weighted by molar-refractivity contribution is 6.30. The Morgan fingerprint density at radius 1 is 1.19 bits per heavy atom. The van der Waals surface area contributed by atoms with Crippen molar-refractivity contribution < 1.29 is 18.0 Å². The molecule has 3 rings (SSSR count). The number of carbonyl (C=O) groups excluding carboxylic acids is 1. The molecule has 4 nitrogen and oxygen atoms in total. The summed E-state index contributed by atoms with van der Waals surface area (Å²) < 4.78 is 38.6. The van der Waals surface area contributed by atoms with Gasteiger partial charge in [-0.1, -0.05) is 35.9 Å². The maximum atomic E-state index is 12.9. The van der Waals surface area contributed by atoms with Crippen molar-refractivity contribution in [1.82, 2.24) is 15.5 Å². The van der Waals surface area contributed by atoms with Crippen LogP contribution in [-0.4, -0.2) is 16.1 Å². The number of H-pyrrole nitrogens is 1. The zero-order valence-corrected chi connectivity index (χ0v) is 14.9. The number of hydrogen-bond acceptors (Lipinski definition) is 2. The van der Waals surface area contributed by atoms with Crippen LogP contribution in [0.15, 0.2) is 54.7 Å². The van der Waals surface area contributed by atoms with E-state index < -0.39 is 23.7 Å². The first-order chi connectivity index (χ1) is 12.8. The van der Waals surface area contributed by atoms with Gasteiger partial charge in [0.25, 0.3) is 5.91 Å². The lowest BCUT2D eigenvalue weighted by molar-refractivity contribution is -0.137. The van der Waals surface area contributed by atoms with Gasteiger partial charge >= 0.3 is 6.18 Å². The lowest BCUT2D eigenvalue weighted by Gasteiger charge is -2.16. The van der Waals surface area contributed by atoms with Gasteiger partial charge in [-0.25, -0.2) is 0 Å². The summed E-state index contributed by atoms with van der Waals surface area (Å²) in [4.78, 5) is 12.6. The van der Waals surface area contributed by atoms with Crippen LogP contribution in [0.1, 0.15) is 34.5 Å². The first kappa shape index (κ1) is 19.0. The van der Waals surface area contributed by atoms with Crippen LogP contribution in [-0.2, 0) is 6.18 Å². The molecule has 2 aromatic carbocycles. The van der Waals surface area contributed by atoms with Crippen molar-refractivity contribution in [1.29, 1.82) is 0 Å². The van der Waals surface area contributed by atoms with Crippen molar-refractivity contribution >= 4 is 17.5 Å². The molecular weight excluding hydrogens is 379 g/mol. The number of nitrogens with one attached hydrogen (secondary N) is 2. The van der Waals surface area contributed by atoms with Gasteiger partial charge in [0, 0.05) is 10.6 Å². The van der Waals surface area contributed by atoms with Gasteiger partial charge in [0.1, 0.15) is 0 Å². The molecule has 140 valence electrons. The van der Waals surface area contributed by atoms with Crippen molar-refractivity contribution in [2.24, 2.45) is 0 Å². The molecule has 0 aliphatic heterocycles. The maximum absolute atomic E-state index is 12.9. The molecule has 0 aliphatic rings. The van der Waals surface area contributed by atoms with Gasteiger partial charge in [-0.15, -0.1) is 0 Å². The number of halogens is 4. The summed E-state index contributed by atoms with van der Waals surface area (Å²) in [6, 6.07) is 11.1. The van der Waals surface area contributed by atoms with E-state index in [0.29, 0.717) is 21.8 Å². The van der Waals surface area contributed by atoms with Crippen LogP contribution in [0.25, 0.3) is 11.3 Å². The molecule has 1 atom stereocenters. The molecule has 0 spiro atoms. The zero-order valence-electron chi connectivity index (χ0n) is 14.1. The lowest BCUT2D eigenvalue weighted by Crippen LogP contribution is -2.27. The predicted octanol–water partition coefficient (Wildman–Crippen LogP) is 5.24. The molecule has 0 saturated heterocycles. The summed E-state index contributed by atoms with van der Waals surface area (Å²) in [5.74, 6) is -0.446. The van der Waals surface area contributed by atoms with Crippen LogP contribution >= 0.6 is 11.6 Å². The Bertz CT molecular complexity index is 951. The Morgan fingerprint density at radius 3 is 2.56 bits per heavy atom. The summed E-state index contributed by atoms with van der Waals surface area (Å²) in [5.41, 5.74) is 1.10. The smallest absolute Gasteiger partial charge is 0.345 e. The average molecular weight is 394 g/mol. The van der Waals surface area contributed by atoms with Crippen LogP contribution in [0.5, 0.6) is 0 Å². The fourth-order valence-electron chi connectivity index (χ4n) is 2.64. The molecule has 3 aromatic rings. The quantitative estimate of drug-likeness (QED) is 0.636. The van der Waals surface area contributed by atoms with Crippen molar-refractivity contribution in [3.63, 3.8) is 0 Å². The van der Waals surface area contributed by atoms with Crippen molar-refractivity contribution in [2.75, 3.05) is 0 Å². The Hall–Kier alpha value is -2.80. The predicted molar refractivity (Wildman–Crippen MR) is 96.4 cm³/mol. The highest BCUT2D eigenvalue weighted by Crippen LogP contribution is 2.31. The third-order valence-electron chi connectivity index (χ3n) is 4.08. The summed E-state index contributed by atoms with van der Waals surface area (Å²) in [5, 5.41) is 9.93. The topological polar surface area (TPSA) is 57.8 Å². The molecule has 1 heterocycles. The van der Waals surface area contributed by atoms with Crippen LogP contribution < -0.4 is 5.32 Å². The van der Waals surface area contributed by atoms with Crippen molar-refractivity contribution in [2.45, 2.75) is 19.1 Å². The van der Waals surface area contributed by atoms with E-state index in [1.165, 1.54) is 18.3 Å². The number of rotatable bonds is 4. The van der Waals surface area contributed by atoms with Crippen LogP contribution in [0.2, 0.25) is 5.02 Å². The molecule has 2 N–H and O–H groups in total. The Balaban J connectivity index is 1.80. The van der Waals surface area contributed by atoms with Crippen LogP contribution in [0.3, 0.4) is 0 Å². The first-order valence-electron chi connectivity index (χ1n) is 8.03. The monoisotopic (exact) mass is 393 g/mol. The molecule has 1 aromatic heterocycles. The van der Waals surface area contributed by atoms with Gasteiger partial charge in [-0.05, 0) is 36.8 Å².